The highest BCUT2D eigenvalue weighted by atomic mass is 127. The molecule has 1 aromatic heterocycles. The standard InChI is InChI=1S/C24H30N4O3.HI/c1-18-5-9-20(10-6-18)23-28-21(17-31-23)15-27-24(25-2)26-13-4-14-30-16-19-7-11-22(29-3)12-8-19;/h5-12,17H,4,13-16H2,1-3H3,(H2,25,26,27);1H. The van der Waals surface area contributed by atoms with Gasteiger partial charge in [-0.05, 0) is 43.2 Å². The quantitative estimate of drug-likeness (QED) is 0.167. The van der Waals surface area contributed by atoms with Gasteiger partial charge in [-0.15, -0.1) is 24.0 Å². The third-order valence-corrected chi connectivity index (χ3v) is 4.70. The Kier molecular flexibility index (Phi) is 11.0. The first-order valence-corrected chi connectivity index (χ1v) is 10.3. The van der Waals surface area contributed by atoms with Gasteiger partial charge in [0.05, 0.1) is 26.0 Å². The van der Waals surface area contributed by atoms with Crippen LogP contribution >= 0.6 is 24.0 Å². The second-order valence-corrected chi connectivity index (χ2v) is 7.12. The van der Waals surface area contributed by atoms with Crippen LogP contribution in [-0.2, 0) is 17.9 Å². The predicted molar refractivity (Wildman–Crippen MR) is 138 cm³/mol. The number of halogens is 1. The van der Waals surface area contributed by atoms with E-state index in [1.165, 1.54) is 5.56 Å². The zero-order valence-electron chi connectivity index (χ0n) is 18.8. The molecule has 172 valence electrons. The summed E-state index contributed by atoms with van der Waals surface area (Å²) in [4.78, 5) is 8.78. The molecule has 0 bridgehead atoms. The number of aromatic nitrogens is 1. The number of methoxy groups -OCH3 is 1. The van der Waals surface area contributed by atoms with Crippen LogP contribution in [0.4, 0.5) is 0 Å². The lowest BCUT2D eigenvalue weighted by Crippen LogP contribution is -2.37. The molecule has 0 aliphatic rings. The van der Waals surface area contributed by atoms with Crippen molar-refractivity contribution in [2.45, 2.75) is 26.5 Å². The highest BCUT2D eigenvalue weighted by molar-refractivity contribution is 14.0. The lowest BCUT2D eigenvalue weighted by molar-refractivity contribution is 0.119. The van der Waals surface area contributed by atoms with Gasteiger partial charge in [-0.2, -0.15) is 0 Å². The van der Waals surface area contributed by atoms with Gasteiger partial charge in [0.2, 0.25) is 5.89 Å². The van der Waals surface area contributed by atoms with Crippen molar-refractivity contribution >= 4 is 29.9 Å². The molecule has 0 unspecified atom stereocenters. The summed E-state index contributed by atoms with van der Waals surface area (Å²) in [5, 5.41) is 6.53. The number of nitrogens with zero attached hydrogens (tertiary/aromatic N) is 2. The molecule has 0 aliphatic heterocycles. The van der Waals surface area contributed by atoms with Crippen LogP contribution in [0.2, 0.25) is 0 Å². The molecule has 32 heavy (non-hydrogen) atoms. The molecule has 3 rings (SSSR count). The first-order valence-electron chi connectivity index (χ1n) is 10.3. The monoisotopic (exact) mass is 550 g/mol. The normalized spacial score (nSPS) is 11.0. The van der Waals surface area contributed by atoms with E-state index in [0.29, 0.717) is 25.6 Å². The number of aliphatic imine (C=N–C) groups is 1. The average Bonchev–Trinajstić information content (AvgIpc) is 3.28. The maximum Gasteiger partial charge on any atom is 0.226 e. The summed E-state index contributed by atoms with van der Waals surface area (Å²) in [7, 11) is 3.41. The number of benzene rings is 2. The molecule has 8 heteroatoms. The molecular weight excluding hydrogens is 519 g/mol. The Bertz CT molecular complexity index is 956. The van der Waals surface area contributed by atoms with E-state index >= 15 is 0 Å². The molecular formula is C24H31IN4O3. The van der Waals surface area contributed by atoms with Gasteiger partial charge in [0.15, 0.2) is 5.96 Å². The Hall–Kier alpha value is -2.59. The number of nitrogens with one attached hydrogen (secondary N) is 2. The van der Waals surface area contributed by atoms with Crippen molar-refractivity contribution in [3.8, 4) is 17.2 Å². The van der Waals surface area contributed by atoms with Crippen molar-refractivity contribution in [3.05, 3.63) is 71.6 Å². The summed E-state index contributed by atoms with van der Waals surface area (Å²) in [5.41, 5.74) is 4.12. The number of hydrogen-bond donors (Lipinski definition) is 2. The fraction of sp³-hybridized carbons (Fsp3) is 0.333. The van der Waals surface area contributed by atoms with Gasteiger partial charge in [0.25, 0.3) is 0 Å². The van der Waals surface area contributed by atoms with Crippen LogP contribution in [0, 0.1) is 6.92 Å². The van der Waals surface area contributed by atoms with E-state index in [0.717, 1.165) is 41.5 Å². The summed E-state index contributed by atoms with van der Waals surface area (Å²) in [5.74, 6) is 2.19. The molecule has 1 heterocycles. The lowest BCUT2D eigenvalue weighted by Gasteiger charge is -2.11. The Balaban J connectivity index is 0.00000363. The maximum absolute atomic E-state index is 5.73. The fourth-order valence-corrected chi connectivity index (χ4v) is 2.90. The summed E-state index contributed by atoms with van der Waals surface area (Å²) in [6, 6.07) is 16.0. The minimum absolute atomic E-state index is 0. The van der Waals surface area contributed by atoms with Crippen LogP contribution in [-0.4, -0.2) is 38.3 Å². The third-order valence-electron chi connectivity index (χ3n) is 4.70. The van der Waals surface area contributed by atoms with E-state index in [1.807, 2.05) is 48.5 Å². The fourth-order valence-electron chi connectivity index (χ4n) is 2.90. The van der Waals surface area contributed by atoms with Crippen LogP contribution in [0.25, 0.3) is 11.5 Å². The summed E-state index contributed by atoms with van der Waals surface area (Å²) < 4.78 is 16.5. The van der Waals surface area contributed by atoms with Gasteiger partial charge in [-0.1, -0.05) is 29.8 Å². The van der Waals surface area contributed by atoms with Crippen LogP contribution in [0.3, 0.4) is 0 Å². The number of guanidine groups is 1. The van der Waals surface area contributed by atoms with Crippen molar-refractivity contribution in [3.63, 3.8) is 0 Å². The van der Waals surface area contributed by atoms with E-state index < -0.39 is 0 Å². The molecule has 7 nitrogen and oxygen atoms in total. The van der Waals surface area contributed by atoms with Crippen molar-refractivity contribution in [2.75, 3.05) is 27.3 Å². The number of ether oxygens (including phenoxy) is 2. The summed E-state index contributed by atoms with van der Waals surface area (Å²) >= 11 is 0. The first-order chi connectivity index (χ1) is 15.2. The molecule has 2 aromatic carbocycles. The van der Waals surface area contributed by atoms with Gasteiger partial charge in [-0.3, -0.25) is 4.99 Å². The van der Waals surface area contributed by atoms with Crippen molar-refractivity contribution in [2.24, 2.45) is 4.99 Å². The molecule has 0 fully saturated rings. The summed E-state index contributed by atoms with van der Waals surface area (Å²) in [6.45, 7) is 4.60. The molecule has 0 saturated heterocycles. The Labute approximate surface area is 206 Å². The van der Waals surface area contributed by atoms with E-state index in [-0.39, 0.29) is 24.0 Å². The Morgan fingerprint density at radius 1 is 1.06 bits per heavy atom. The van der Waals surface area contributed by atoms with Crippen LogP contribution < -0.4 is 15.4 Å². The van der Waals surface area contributed by atoms with Gasteiger partial charge in [0.1, 0.15) is 12.0 Å². The molecule has 0 spiro atoms. The molecule has 0 atom stereocenters. The largest absolute Gasteiger partial charge is 0.497 e. The van der Waals surface area contributed by atoms with E-state index in [9.17, 15) is 0 Å². The number of rotatable bonds is 10. The molecule has 0 radical (unpaired) electrons. The maximum atomic E-state index is 5.73. The van der Waals surface area contributed by atoms with Crippen molar-refractivity contribution in [1.29, 1.82) is 0 Å². The number of oxazole rings is 1. The average molecular weight is 550 g/mol. The van der Waals surface area contributed by atoms with Crippen molar-refractivity contribution < 1.29 is 13.9 Å². The molecule has 0 amide bonds. The summed E-state index contributed by atoms with van der Waals surface area (Å²) in [6.07, 6.45) is 2.54. The van der Waals surface area contributed by atoms with E-state index in [1.54, 1.807) is 20.4 Å². The van der Waals surface area contributed by atoms with Crippen LogP contribution in [0.5, 0.6) is 5.75 Å². The SMILES string of the molecule is CN=C(NCCCOCc1ccc(OC)cc1)NCc1coc(-c2ccc(C)cc2)n1.I. The predicted octanol–water partition coefficient (Wildman–Crippen LogP) is 4.55. The van der Waals surface area contributed by atoms with Gasteiger partial charge < -0.3 is 24.5 Å². The molecule has 0 aliphatic carbocycles. The van der Waals surface area contributed by atoms with Crippen molar-refractivity contribution in [1.82, 2.24) is 15.6 Å². The zero-order valence-corrected chi connectivity index (χ0v) is 21.1. The first kappa shape index (κ1) is 25.7. The topological polar surface area (TPSA) is 80.9 Å². The van der Waals surface area contributed by atoms with Gasteiger partial charge >= 0.3 is 0 Å². The third kappa shape index (κ3) is 8.16. The van der Waals surface area contributed by atoms with Gasteiger partial charge in [-0.25, -0.2) is 4.98 Å². The van der Waals surface area contributed by atoms with E-state index in [4.69, 9.17) is 13.9 Å². The van der Waals surface area contributed by atoms with Gasteiger partial charge in [0, 0.05) is 25.8 Å². The second kappa shape index (κ2) is 13.7. The zero-order chi connectivity index (χ0) is 21.9. The minimum atomic E-state index is 0. The smallest absolute Gasteiger partial charge is 0.226 e. The number of hydrogen-bond acceptors (Lipinski definition) is 5. The molecule has 2 N–H and O–H groups in total. The van der Waals surface area contributed by atoms with E-state index in [2.05, 4.69) is 27.5 Å². The highest BCUT2D eigenvalue weighted by Gasteiger charge is 2.07. The van der Waals surface area contributed by atoms with Crippen LogP contribution in [0.15, 0.2) is 64.2 Å². The molecule has 3 aromatic rings. The second-order valence-electron chi connectivity index (χ2n) is 7.12. The lowest BCUT2D eigenvalue weighted by atomic mass is 10.1. The minimum Gasteiger partial charge on any atom is -0.497 e. The van der Waals surface area contributed by atoms with Crippen LogP contribution in [0.1, 0.15) is 23.2 Å². The Morgan fingerprint density at radius 3 is 2.50 bits per heavy atom. The Morgan fingerprint density at radius 2 is 1.81 bits per heavy atom. The highest BCUT2D eigenvalue weighted by Crippen LogP contribution is 2.19. The molecule has 0 saturated carbocycles. The number of aryl methyl sites for hydroxylation is 1.